The number of carbonyl (C=O) groups excluding carboxylic acids is 3. The maximum absolute atomic E-state index is 12.8. The van der Waals surface area contributed by atoms with Crippen LogP contribution in [0, 0.1) is 0 Å². The minimum Gasteiger partial charge on any atom is -0.488 e. The van der Waals surface area contributed by atoms with Gasteiger partial charge in [0.1, 0.15) is 18.4 Å². The van der Waals surface area contributed by atoms with Gasteiger partial charge in [-0.05, 0) is 67.6 Å². The van der Waals surface area contributed by atoms with Crippen molar-refractivity contribution in [2.24, 2.45) is 0 Å². The van der Waals surface area contributed by atoms with E-state index in [0.29, 0.717) is 11.3 Å². The molecule has 0 aliphatic carbocycles. The molecule has 0 bridgehead atoms. The first-order chi connectivity index (χ1) is 15.7. The van der Waals surface area contributed by atoms with Gasteiger partial charge in [0.15, 0.2) is 0 Å². The van der Waals surface area contributed by atoms with Crippen molar-refractivity contribution < 1.29 is 33.8 Å². The Labute approximate surface area is 202 Å². The van der Waals surface area contributed by atoms with Crippen LogP contribution in [-0.2, 0) is 20.9 Å². The number of amides is 2. The van der Waals surface area contributed by atoms with Crippen molar-refractivity contribution in [3.8, 4) is 5.75 Å². The molecule has 1 saturated heterocycles. The number of carboxylic acid groups (broad SMARTS) is 1. The van der Waals surface area contributed by atoms with Gasteiger partial charge in [0.25, 0.3) is 11.1 Å². The van der Waals surface area contributed by atoms with Gasteiger partial charge >= 0.3 is 11.9 Å². The molecule has 8 nitrogen and oxygen atoms in total. The fourth-order valence-corrected chi connectivity index (χ4v) is 4.27. The normalized spacial score (nSPS) is 15.6. The lowest BCUT2D eigenvalue weighted by Crippen LogP contribution is -2.42. The van der Waals surface area contributed by atoms with Crippen LogP contribution in [0.2, 0.25) is 0 Å². The van der Waals surface area contributed by atoms with Gasteiger partial charge in [0.2, 0.25) is 0 Å². The van der Waals surface area contributed by atoms with E-state index in [1.807, 2.05) is 0 Å². The van der Waals surface area contributed by atoms with E-state index in [9.17, 15) is 19.2 Å². The first-order valence-electron chi connectivity index (χ1n) is 9.89. The van der Waals surface area contributed by atoms with E-state index in [2.05, 4.69) is 15.9 Å². The van der Waals surface area contributed by atoms with Gasteiger partial charge in [-0.1, -0.05) is 28.1 Å². The Morgan fingerprint density at radius 2 is 1.88 bits per heavy atom. The topological polar surface area (TPSA) is 110 Å². The second-order valence-electron chi connectivity index (χ2n) is 6.95. The van der Waals surface area contributed by atoms with E-state index in [1.54, 1.807) is 37.3 Å². The molecule has 2 aromatic carbocycles. The van der Waals surface area contributed by atoms with E-state index >= 15 is 0 Å². The lowest BCUT2D eigenvalue weighted by atomic mass is 10.1. The smallest absolute Gasteiger partial charge is 0.335 e. The number of carbonyl (C=O) groups is 4. The second-order valence-corrected chi connectivity index (χ2v) is 8.86. The highest BCUT2D eigenvalue weighted by molar-refractivity contribution is 9.10. The number of halogens is 1. The van der Waals surface area contributed by atoms with Gasteiger partial charge < -0.3 is 14.6 Å². The van der Waals surface area contributed by atoms with Gasteiger partial charge in [-0.25, -0.2) is 9.59 Å². The molecule has 2 aromatic rings. The number of benzene rings is 2. The lowest BCUT2D eigenvalue weighted by molar-refractivity contribution is -0.150. The average molecular weight is 534 g/mol. The molecule has 0 spiro atoms. The predicted molar refractivity (Wildman–Crippen MR) is 126 cm³/mol. The zero-order chi connectivity index (χ0) is 24.1. The molecule has 172 valence electrons. The summed E-state index contributed by atoms with van der Waals surface area (Å²) in [6.07, 6.45) is 1.54. The summed E-state index contributed by atoms with van der Waals surface area (Å²) in [6.45, 7) is 3.41. The fourth-order valence-electron chi connectivity index (χ4n) is 2.99. The van der Waals surface area contributed by atoms with Gasteiger partial charge in [-0.2, -0.15) is 0 Å². The Bertz CT molecular complexity index is 1130. The van der Waals surface area contributed by atoms with E-state index in [1.165, 1.54) is 25.1 Å². The van der Waals surface area contributed by atoms with Crippen molar-refractivity contribution >= 4 is 56.9 Å². The summed E-state index contributed by atoms with van der Waals surface area (Å²) in [4.78, 5) is 49.3. The lowest BCUT2D eigenvalue weighted by Gasteiger charge is -2.19. The highest BCUT2D eigenvalue weighted by Crippen LogP contribution is 2.36. The van der Waals surface area contributed by atoms with Gasteiger partial charge in [0.05, 0.1) is 17.1 Å². The summed E-state index contributed by atoms with van der Waals surface area (Å²) in [5.41, 5.74) is 1.49. The minimum atomic E-state index is -1.03. The van der Waals surface area contributed by atoms with E-state index in [0.717, 1.165) is 26.7 Å². The molecule has 1 N–H and O–H groups in total. The number of carboxylic acids is 1. The summed E-state index contributed by atoms with van der Waals surface area (Å²) in [5, 5.41) is 8.45. The monoisotopic (exact) mass is 533 g/mol. The number of imide groups is 1. The van der Waals surface area contributed by atoms with Crippen molar-refractivity contribution in [3.05, 3.63) is 68.5 Å². The van der Waals surface area contributed by atoms with Gasteiger partial charge in [-0.3, -0.25) is 14.5 Å². The number of thioether (sulfide) groups is 1. The molecule has 0 unspecified atom stereocenters. The van der Waals surface area contributed by atoms with Crippen molar-refractivity contribution in [2.45, 2.75) is 26.5 Å². The molecule has 3 rings (SSSR count). The number of hydrogen-bond acceptors (Lipinski definition) is 7. The molecule has 1 atom stereocenters. The van der Waals surface area contributed by atoms with Crippen LogP contribution in [0.5, 0.6) is 5.75 Å². The van der Waals surface area contributed by atoms with Crippen LogP contribution in [0.25, 0.3) is 6.08 Å². The number of ether oxygens (including phenoxy) is 2. The zero-order valence-electron chi connectivity index (χ0n) is 17.7. The summed E-state index contributed by atoms with van der Waals surface area (Å²) >= 11 is 4.13. The number of aromatic carboxylic acids is 1. The van der Waals surface area contributed by atoms with Crippen LogP contribution < -0.4 is 4.74 Å². The molecule has 0 radical (unpaired) electrons. The number of esters is 1. The Kier molecular flexibility index (Phi) is 7.93. The Morgan fingerprint density at radius 1 is 1.18 bits per heavy atom. The molecule has 2 amide bonds. The highest BCUT2D eigenvalue weighted by atomic mass is 79.9. The molecule has 1 aliphatic rings. The number of rotatable bonds is 8. The quantitative estimate of drug-likeness (QED) is 0.383. The van der Waals surface area contributed by atoms with Crippen LogP contribution in [0.1, 0.15) is 35.3 Å². The average Bonchev–Trinajstić information content (AvgIpc) is 3.05. The molecule has 10 heteroatoms. The maximum Gasteiger partial charge on any atom is 0.335 e. The Hall–Kier alpha value is -3.11. The van der Waals surface area contributed by atoms with Crippen LogP contribution in [-0.4, -0.2) is 45.7 Å². The minimum absolute atomic E-state index is 0.146. The van der Waals surface area contributed by atoms with Crippen LogP contribution in [0.15, 0.2) is 51.8 Å². The summed E-state index contributed by atoms with van der Waals surface area (Å²) in [7, 11) is 0. The molecular weight excluding hydrogens is 514 g/mol. The predicted octanol–water partition coefficient (Wildman–Crippen LogP) is 4.71. The third-order valence-electron chi connectivity index (χ3n) is 4.69. The van der Waals surface area contributed by atoms with Crippen molar-refractivity contribution in [3.63, 3.8) is 0 Å². The fraction of sp³-hybridized carbons (Fsp3) is 0.217. The van der Waals surface area contributed by atoms with E-state index < -0.39 is 29.1 Å². The van der Waals surface area contributed by atoms with Gasteiger partial charge in [-0.15, -0.1) is 0 Å². The third-order valence-corrected chi connectivity index (χ3v) is 6.07. The third kappa shape index (κ3) is 5.82. The maximum atomic E-state index is 12.8. The highest BCUT2D eigenvalue weighted by Gasteiger charge is 2.41. The van der Waals surface area contributed by atoms with Crippen LogP contribution in [0.3, 0.4) is 0 Å². The molecule has 33 heavy (non-hydrogen) atoms. The Balaban J connectivity index is 1.81. The van der Waals surface area contributed by atoms with Crippen molar-refractivity contribution in [1.29, 1.82) is 0 Å². The molecule has 0 aromatic heterocycles. The van der Waals surface area contributed by atoms with Crippen molar-refractivity contribution in [1.82, 2.24) is 4.90 Å². The molecule has 1 fully saturated rings. The molecule has 1 heterocycles. The first kappa shape index (κ1) is 24.5. The Morgan fingerprint density at radius 3 is 2.52 bits per heavy atom. The first-order valence-corrected chi connectivity index (χ1v) is 11.5. The van der Waals surface area contributed by atoms with Crippen LogP contribution in [0.4, 0.5) is 4.79 Å². The zero-order valence-corrected chi connectivity index (χ0v) is 20.1. The second kappa shape index (κ2) is 10.7. The van der Waals surface area contributed by atoms with E-state index in [4.69, 9.17) is 14.6 Å². The summed E-state index contributed by atoms with van der Waals surface area (Å²) < 4.78 is 11.6. The molecule has 1 aliphatic heterocycles. The number of nitrogens with zero attached hydrogens (tertiary/aromatic N) is 1. The standard InChI is InChI=1S/C23H20BrNO7S/c1-3-31-22(29)13(2)25-20(26)19(33-23(25)30)11-16-10-17(24)8-9-18(16)32-12-14-4-6-15(7-5-14)21(27)28/h4-11,13H,3,12H2,1-2H3,(H,27,28)/b19-11+/t13-/m0/s1. The SMILES string of the molecule is CCOC(=O)[C@H](C)N1C(=O)S/C(=C/c2cc(Br)ccc2OCc2ccc(C(=O)O)cc2)C1=O. The summed E-state index contributed by atoms with van der Waals surface area (Å²) in [6, 6.07) is 10.5. The van der Waals surface area contributed by atoms with Gasteiger partial charge in [0, 0.05) is 10.0 Å². The largest absolute Gasteiger partial charge is 0.488 e. The summed E-state index contributed by atoms with van der Waals surface area (Å²) in [5.74, 6) is -1.78. The molecule has 0 saturated carbocycles. The molecular formula is C23H20BrNO7S. The van der Waals surface area contributed by atoms with E-state index in [-0.39, 0.29) is 23.7 Å². The van der Waals surface area contributed by atoms with Crippen LogP contribution >= 0.6 is 27.7 Å². The number of hydrogen-bond donors (Lipinski definition) is 1. The van der Waals surface area contributed by atoms with Crippen molar-refractivity contribution in [2.75, 3.05) is 6.61 Å².